The molecule has 1 N–H and O–H groups in total. The molecule has 2 aromatic rings. The van der Waals surface area contributed by atoms with E-state index in [1.165, 1.54) is 6.21 Å². The Labute approximate surface area is 136 Å². The third-order valence-electron chi connectivity index (χ3n) is 3.22. The SMILES string of the molecule is CN(C)c1ccc(C=Nc2cc([N+](=O)[O-])cc([N+](=O)[O-])c2O)cc1. The second kappa shape index (κ2) is 6.73. The third-order valence-corrected chi connectivity index (χ3v) is 3.22. The van der Waals surface area contributed by atoms with Gasteiger partial charge in [-0.2, -0.15) is 0 Å². The van der Waals surface area contributed by atoms with Crippen LogP contribution < -0.4 is 4.90 Å². The zero-order valence-electron chi connectivity index (χ0n) is 12.9. The molecular formula is C15H14N4O5. The summed E-state index contributed by atoms with van der Waals surface area (Å²) in [6, 6.07) is 8.89. The Morgan fingerprint density at radius 2 is 1.71 bits per heavy atom. The molecule has 0 saturated heterocycles. The van der Waals surface area contributed by atoms with E-state index < -0.39 is 27.0 Å². The maximum absolute atomic E-state index is 10.9. The lowest BCUT2D eigenvalue weighted by Gasteiger charge is -2.11. The van der Waals surface area contributed by atoms with E-state index in [9.17, 15) is 25.3 Å². The summed E-state index contributed by atoms with van der Waals surface area (Å²) in [6.45, 7) is 0. The molecule has 9 heteroatoms. The van der Waals surface area contributed by atoms with Gasteiger partial charge in [0.1, 0.15) is 5.69 Å². The molecule has 0 aliphatic heterocycles. The highest BCUT2D eigenvalue weighted by molar-refractivity contribution is 5.84. The topological polar surface area (TPSA) is 122 Å². The third kappa shape index (κ3) is 3.64. The number of non-ortho nitro benzene ring substituents is 1. The summed E-state index contributed by atoms with van der Waals surface area (Å²) in [4.78, 5) is 25.9. The highest BCUT2D eigenvalue weighted by Gasteiger charge is 2.23. The summed E-state index contributed by atoms with van der Waals surface area (Å²) in [5.74, 6) is -0.716. The van der Waals surface area contributed by atoms with Crippen molar-refractivity contribution in [3.8, 4) is 5.75 Å². The number of hydrogen-bond donors (Lipinski definition) is 1. The van der Waals surface area contributed by atoms with E-state index in [4.69, 9.17) is 0 Å². The van der Waals surface area contributed by atoms with Crippen molar-refractivity contribution in [3.63, 3.8) is 0 Å². The molecule has 9 nitrogen and oxygen atoms in total. The number of aromatic hydroxyl groups is 1. The molecule has 124 valence electrons. The zero-order chi connectivity index (χ0) is 17.9. The Morgan fingerprint density at radius 3 is 2.21 bits per heavy atom. The maximum Gasteiger partial charge on any atom is 0.319 e. The summed E-state index contributed by atoms with van der Waals surface area (Å²) < 4.78 is 0. The number of benzene rings is 2. The van der Waals surface area contributed by atoms with E-state index in [0.29, 0.717) is 11.6 Å². The van der Waals surface area contributed by atoms with E-state index in [1.54, 1.807) is 12.1 Å². The summed E-state index contributed by atoms with van der Waals surface area (Å²) in [6.07, 6.45) is 1.36. The standard InChI is InChI=1S/C15H14N4O5/c1-17(2)11-5-3-10(4-6-11)9-16-13-7-12(18(21)22)8-14(15(13)20)19(23)24/h3-9,20H,1-2H3. The van der Waals surface area contributed by atoms with Crippen molar-refractivity contribution in [2.24, 2.45) is 4.99 Å². The highest BCUT2D eigenvalue weighted by atomic mass is 16.6. The fraction of sp³-hybridized carbons (Fsp3) is 0.133. The summed E-state index contributed by atoms with van der Waals surface area (Å²) in [7, 11) is 3.78. The number of nitrogens with zero attached hydrogens (tertiary/aromatic N) is 4. The minimum Gasteiger partial charge on any atom is -0.501 e. The van der Waals surface area contributed by atoms with E-state index in [-0.39, 0.29) is 5.69 Å². The van der Waals surface area contributed by atoms with Gasteiger partial charge < -0.3 is 10.0 Å². The Hall–Kier alpha value is -3.49. The van der Waals surface area contributed by atoms with Crippen LogP contribution in [0.15, 0.2) is 41.4 Å². The lowest BCUT2D eigenvalue weighted by molar-refractivity contribution is -0.394. The van der Waals surface area contributed by atoms with Gasteiger partial charge in [0.2, 0.25) is 5.75 Å². The molecular weight excluding hydrogens is 316 g/mol. The second-order valence-corrected chi connectivity index (χ2v) is 5.09. The van der Waals surface area contributed by atoms with Crippen LogP contribution in [0, 0.1) is 20.2 Å². The van der Waals surface area contributed by atoms with Crippen molar-refractivity contribution < 1.29 is 15.0 Å². The lowest BCUT2D eigenvalue weighted by atomic mass is 10.2. The van der Waals surface area contributed by atoms with E-state index in [2.05, 4.69) is 4.99 Å². The summed E-state index contributed by atoms with van der Waals surface area (Å²) >= 11 is 0. The van der Waals surface area contributed by atoms with Crippen molar-refractivity contribution in [1.29, 1.82) is 0 Å². The van der Waals surface area contributed by atoms with Crippen molar-refractivity contribution in [2.45, 2.75) is 0 Å². The van der Waals surface area contributed by atoms with Gasteiger partial charge in [0, 0.05) is 32.1 Å². The van der Waals surface area contributed by atoms with Crippen LogP contribution >= 0.6 is 0 Å². The fourth-order valence-electron chi connectivity index (χ4n) is 1.94. The molecule has 24 heavy (non-hydrogen) atoms. The number of anilines is 1. The van der Waals surface area contributed by atoms with Crippen molar-refractivity contribution in [1.82, 2.24) is 0 Å². The van der Waals surface area contributed by atoms with Crippen LogP contribution in [0.3, 0.4) is 0 Å². The van der Waals surface area contributed by atoms with Crippen LogP contribution in [0.1, 0.15) is 5.56 Å². The van der Waals surface area contributed by atoms with Gasteiger partial charge >= 0.3 is 5.69 Å². The van der Waals surface area contributed by atoms with Crippen LogP contribution in [0.5, 0.6) is 5.75 Å². The van der Waals surface area contributed by atoms with Crippen LogP contribution in [0.25, 0.3) is 0 Å². The van der Waals surface area contributed by atoms with Crippen LogP contribution in [-0.4, -0.2) is 35.3 Å². The van der Waals surface area contributed by atoms with Crippen molar-refractivity contribution in [3.05, 3.63) is 62.2 Å². The van der Waals surface area contributed by atoms with Crippen LogP contribution in [-0.2, 0) is 0 Å². The Kier molecular flexibility index (Phi) is 4.73. The van der Waals surface area contributed by atoms with E-state index in [0.717, 1.165) is 11.8 Å². The second-order valence-electron chi connectivity index (χ2n) is 5.09. The monoisotopic (exact) mass is 330 g/mol. The van der Waals surface area contributed by atoms with E-state index >= 15 is 0 Å². The normalized spacial score (nSPS) is 10.8. The number of hydrogen-bond acceptors (Lipinski definition) is 7. The number of nitro benzene ring substituents is 2. The fourth-order valence-corrected chi connectivity index (χ4v) is 1.94. The predicted octanol–water partition coefficient (Wildman–Crippen LogP) is 3.03. The predicted molar refractivity (Wildman–Crippen MR) is 89.4 cm³/mol. The quantitative estimate of drug-likeness (QED) is 0.511. The molecule has 2 aromatic carbocycles. The molecule has 0 atom stereocenters. The smallest absolute Gasteiger partial charge is 0.319 e. The Morgan fingerprint density at radius 1 is 1.08 bits per heavy atom. The minimum absolute atomic E-state index is 0.243. The molecule has 0 amide bonds. The highest BCUT2D eigenvalue weighted by Crippen LogP contribution is 2.39. The van der Waals surface area contributed by atoms with Gasteiger partial charge in [-0.15, -0.1) is 0 Å². The zero-order valence-corrected chi connectivity index (χ0v) is 12.9. The first kappa shape index (κ1) is 16.9. The average Bonchev–Trinajstić information content (AvgIpc) is 2.53. The van der Waals surface area contributed by atoms with Crippen molar-refractivity contribution >= 4 is 29.0 Å². The van der Waals surface area contributed by atoms with Gasteiger partial charge in [0.15, 0.2) is 0 Å². The first-order valence-electron chi connectivity index (χ1n) is 6.77. The number of aliphatic imine (C=N–C) groups is 1. The molecule has 0 saturated carbocycles. The largest absolute Gasteiger partial charge is 0.501 e. The van der Waals surface area contributed by atoms with Crippen molar-refractivity contribution in [2.75, 3.05) is 19.0 Å². The molecule has 2 rings (SSSR count). The molecule has 0 heterocycles. The molecule has 0 spiro atoms. The molecule has 0 aliphatic rings. The number of rotatable bonds is 5. The first-order chi connectivity index (χ1) is 11.3. The van der Waals surface area contributed by atoms with Gasteiger partial charge in [-0.05, 0) is 17.7 Å². The summed E-state index contributed by atoms with van der Waals surface area (Å²) in [5.41, 5.74) is 0.122. The number of phenolic OH excluding ortho intramolecular Hbond substituents is 1. The number of nitro groups is 2. The molecule has 0 radical (unpaired) electrons. The van der Waals surface area contributed by atoms with Gasteiger partial charge in [-0.25, -0.2) is 0 Å². The van der Waals surface area contributed by atoms with Gasteiger partial charge in [0.25, 0.3) is 5.69 Å². The van der Waals surface area contributed by atoms with Crippen LogP contribution in [0.2, 0.25) is 0 Å². The Balaban J connectivity index is 2.40. The average molecular weight is 330 g/mol. The Bertz CT molecular complexity index is 815. The van der Waals surface area contributed by atoms with E-state index in [1.807, 2.05) is 31.1 Å². The summed E-state index contributed by atoms with van der Waals surface area (Å²) in [5, 5.41) is 31.6. The minimum atomic E-state index is -0.896. The van der Waals surface area contributed by atoms with Gasteiger partial charge in [-0.1, -0.05) is 12.1 Å². The molecule has 0 fully saturated rings. The number of phenols is 1. The van der Waals surface area contributed by atoms with Gasteiger partial charge in [-0.3, -0.25) is 25.2 Å². The van der Waals surface area contributed by atoms with Crippen LogP contribution in [0.4, 0.5) is 22.7 Å². The molecule has 0 unspecified atom stereocenters. The molecule has 0 bridgehead atoms. The first-order valence-corrected chi connectivity index (χ1v) is 6.77. The lowest BCUT2D eigenvalue weighted by Crippen LogP contribution is -2.08. The van der Waals surface area contributed by atoms with Gasteiger partial charge in [0.05, 0.1) is 15.9 Å². The molecule has 0 aromatic heterocycles. The molecule has 0 aliphatic carbocycles. The maximum atomic E-state index is 10.9.